The molecule has 22 heavy (non-hydrogen) atoms. The van der Waals surface area contributed by atoms with Crippen molar-refractivity contribution in [1.29, 1.82) is 0 Å². The molecule has 0 aromatic rings. The molecule has 0 aromatic carbocycles. The number of carbonyl (C=O) groups excluding carboxylic acids is 1. The zero-order valence-electron chi connectivity index (χ0n) is 11.1. The van der Waals surface area contributed by atoms with Crippen molar-refractivity contribution in [2.75, 3.05) is 6.61 Å². The maximum atomic E-state index is 13.5. The average Bonchev–Trinajstić information content (AvgIpc) is 3.33. The van der Waals surface area contributed by atoms with E-state index in [1.165, 1.54) is 6.92 Å². The molecule has 1 rings (SSSR count). The number of carbonyl (C=O) groups is 1. The van der Waals surface area contributed by atoms with E-state index in [1.807, 2.05) is 0 Å². The van der Waals surface area contributed by atoms with Crippen LogP contribution in [0.4, 0.5) is 19.4 Å². The molecule has 1 aliphatic rings. The van der Waals surface area contributed by atoms with Gasteiger partial charge in [0.1, 0.15) is 6.10 Å². The second kappa shape index (κ2) is 8.79. The summed E-state index contributed by atoms with van der Waals surface area (Å²) < 4.78 is 71.3. The Morgan fingerprint density at radius 2 is 1.73 bits per heavy atom. The van der Waals surface area contributed by atoms with E-state index >= 15 is 0 Å². The minimum atomic E-state index is -2.53. The number of epoxide rings is 1. The summed E-state index contributed by atoms with van der Waals surface area (Å²) in [7, 11) is 0. The van der Waals surface area contributed by atoms with Gasteiger partial charge in [-0.2, -0.15) is 19.4 Å². The molecule has 0 aromatic heterocycles. The van der Waals surface area contributed by atoms with Gasteiger partial charge in [-0.15, -0.1) is 0 Å². The molecule has 1 aliphatic heterocycles. The Labute approximate surface area is 146 Å². The van der Waals surface area contributed by atoms with E-state index < -0.39 is 92.3 Å². The third-order valence-electron chi connectivity index (χ3n) is 3.00. The summed E-state index contributed by atoms with van der Waals surface area (Å²) in [4.78, 5) is 11.5. The topological polar surface area (TPSA) is 38.8 Å². The zero-order chi connectivity index (χ0) is 17.0. The lowest BCUT2D eigenvalue weighted by molar-refractivity contribution is -0.144. The average molecular weight is 423 g/mol. The van der Waals surface area contributed by atoms with Crippen molar-refractivity contribution in [2.24, 2.45) is 0 Å². The third-order valence-corrected chi connectivity index (χ3v) is 8.57. The minimum Gasteiger partial charge on any atom is -0.464 e. The number of rotatable bonds is 10. The highest BCUT2D eigenvalue weighted by atomic mass is 32.3. The van der Waals surface area contributed by atoms with E-state index in [0.29, 0.717) is 0 Å². The van der Waals surface area contributed by atoms with Crippen LogP contribution in [-0.2, 0) is 14.3 Å². The Morgan fingerprint density at radius 1 is 1.18 bits per heavy atom. The quantitative estimate of drug-likeness (QED) is 0.206. The van der Waals surface area contributed by atoms with E-state index in [4.69, 9.17) is 4.74 Å². The van der Waals surface area contributed by atoms with E-state index in [2.05, 4.69) is 4.74 Å². The predicted molar refractivity (Wildman–Crippen MR) is 83.7 cm³/mol. The molecule has 0 bridgehead atoms. The maximum Gasteiger partial charge on any atom is 0.338 e. The lowest BCUT2D eigenvalue weighted by Gasteiger charge is -2.40. The van der Waals surface area contributed by atoms with Crippen molar-refractivity contribution in [1.82, 2.24) is 0 Å². The van der Waals surface area contributed by atoms with Crippen LogP contribution < -0.4 is 0 Å². The fourth-order valence-electron chi connectivity index (χ4n) is 1.80. The highest BCUT2D eigenvalue weighted by Gasteiger charge is 2.74. The zero-order valence-corrected chi connectivity index (χ0v) is 15.2. The van der Waals surface area contributed by atoms with Gasteiger partial charge in [0, 0.05) is 0 Å². The molecule has 0 aliphatic carbocycles. The van der Waals surface area contributed by atoms with Crippen LogP contribution in [0.2, 0.25) is 0 Å². The van der Waals surface area contributed by atoms with Crippen LogP contribution in [-0.4, -0.2) is 38.2 Å². The van der Waals surface area contributed by atoms with Gasteiger partial charge in [-0.25, -0.2) is 4.79 Å². The molecule has 13 heteroatoms. The van der Waals surface area contributed by atoms with Gasteiger partial charge in [-0.3, -0.25) is 0 Å². The second-order valence-corrected chi connectivity index (χ2v) is 8.70. The van der Waals surface area contributed by atoms with Crippen molar-refractivity contribution >= 4 is 66.7 Å². The molecule has 1 fully saturated rings. The molecule has 1 saturated heterocycles. The minimum absolute atomic E-state index is 0.00154. The van der Waals surface area contributed by atoms with Crippen LogP contribution >= 0.6 is 60.7 Å². The SMILES string of the molecule is CCOC(=O)C1OC1C(SF)(SF)C(SF)(SF)C(C)SF. The first-order chi connectivity index (χ1) is 10.4. The van der Waals surface area contributed by atoms with Crippen LogP contribution in [0.1, 0.15) is 13.8 Å². The lowest BCUT2D eigenvalue weighted by atomic mass is 10.1. The van der Waals surface area contributed by atoms with Gasteiger partial charge in [0.15, 0.2) is 14.3 Å². The molecule has 3 atom stereocenters. The normalized spacial score (nSPS) is 23.2. The molecule has 3 nitrogen and oxygen atoms in total. The van der Waals surface area contributed by atoms with Crippen LogP contribution in [0, 0.1) is 0 Å². The van der Waals surface area contributed by atoms with Crippen LogP contribution in [0.15, 0.2) is 0 Å². The van der Waals surface area contributed by atoms with E-state index in [1.54, 1.807) is 0 Å². The molecule has 3 unspecified atom stereocenters. The van der Waals surface area contributed by atoms with Gasteiger partial charge in [0.2, 0.25) is 0 Å². The smallest absolute Gasteiger partial charge is 0.338 e. The molecule has 0 amide bonds. The molecule has 0 N–H and O–H groups in total. The third kappa shape index (κ3) is 3.44. The Balaban J connectivity index is 3.17. The summed E-state index contributed by atoms with van der Waals surface area (Å²) in [6.45, 7) is 2.59. The summed E-state index contributed by atoms with van der Waals surface area (Å²) in [5.41, 5.74) is 0. The summed E-state index contributed by atoms with van der Waals surface area (Å²) in [6.07, 6.45) is -2.86. The van der Waals surface area contributed by atoms with Gasteiger partial charge in [0.25, 0.3) is 0 Å². The van der Waals surface area contributed by atoms with Crippen LogP contribution in [0.5, 0.6) is 0 Å². The van der Waals surface area contributed by atoms with Gasteiger partial charge in [0.05, 0.1) is 72.6 Å². The second-order valence-electron chi connectivity index (χ2n) is 4.10. The van der Waals surface area contributed by atoms with Crippen molar-refractivity contribution in [3.8, 4) is 0 Å². The molecule has 0 saturated carbocycles. The molecular formula is C9H11F5O3S5. The van der Waals surface area contributed by atoms with Crippen LogP contribution in [0.25, 0.3) is 0 Å². The first-order valence-electron chi connectivity index (χ1n) is 5.73. The molecule has 1 heterocycles. The van der Waals surface area contributed by atoms with Crippen molar-refractivity contribution in [2.45, 2.75) is 39.5 Å². The number of hydrogen-bond acceptors (Lipinski definition) is 8. The van der Waals surface area contributed by atoms with Gasteiger partial charge >= 0.3 is 5.97 Å². The van der Waals surface area contributed by atoms with Gasteiger partial charge < -0.3 is 9.47 Å². The van der Waals surface area contributed by atoms with Crippen LogP contribution in [0.3, 0.4) is 0 Å². The monoisotopic (exact) mass is 422 g/mol. The largest absolute Gasteiger partial charge is 0.464 e. The predicted octanol–water partition coefficient (Wildman–Crippen LogP) is 5.19. The molecule has 0 radical (unpaired) electrons. The Bertz CT molecular complexity index is 385. The number of hydrogen-bond donors (Lipinski definition) is 0. The van der Waals surface area contributed by atoms with Crippen molar-refractivity contribution in [3.05, 3.63) is 0 Å². The van der Waals surface area contributed by atoms with Crippen molar-refractivity contribution in [3.63, 3.8) is 0 Å². The number of esters is 1. The summed E-state index contributed by atoms with van der Waals surface area (Å²) in [6, 6.07) is 0. The summed E-state index contributed by atoms with van der Waals surface area (Å²) in [5.74, 6) is -0.901. The highest BCUT2D eigenvalue weighted by molar-refractivity contribution is 8.21. The van der Waals surface area contributed by atoms with E-state index in [9.17, 15) is 24.2 Å². The summed E-state index contributed by atoms with van der Waals surface area (Å²) >= 11 is -3.34. The van der Waals surface area contributed by atoms with E-state index in [-0.39, 0.29) is 6.61 Å². The molecule has 0 spiro atoms. The fourth-order valence-corrected chi connectivity index (χ4v) is 5.43. The standard InChI is InChI=1S/C9H11F5O3S5/c1-3-16-7(15)5-6(17-5)9(21-13,22-14)8(19-11,20-12)4(2)18-10/h4-6H,3H2,1-2H3. The molecular weight excluding hydrogens is 411 g/mol. The number of ether oxygens (including phenoxy) is 2. The first kappa shape index (κ1) is 20.9. The summed E-state index contributed by atoms with van der Waals surface area (Å²) in [5, 5.41) is -1.48. The Hall–Kier alpha value is 0.830. The molecule has 130 valence electrons. The maximum absolute atomic E-state index is 13.5. The highest BCUT2D eigenvalue weighted by Crippen LogP contribution is 2.67. The number of halogens is 5. The first-order valence-corrected chi connectivity index (χ1v) is 9.37. The fraction of sp³-hybridized carbons (Fsp3) is 0.889. The van der Waals surface area contributed by atoms with E-state index in [0.717, 1.165) is 6.92 Å². The van der Waals surface area contributed by atoms with Gasteiger partial charge in [-0.1, -0.05) is 0 Å². The Morgan fingerprint density at radius 3 is 2.09 bits per heavy atom. The van der Waals surface area contributed by atoms with Crippen molar-refractivity contribution < 1.29 is 33.7 Å². The van der Waals surface area contributed by atoms with Gasteiger partial charge in [-0.05, 0) is 13.8 Å². The lowest BCUT2D eigenvalue weighted by Crippen LogP contribution is -2.53. The Kier molecular flexibility index (Phi) is 8.34.